The van der Waals surface area contributed by atoms with Crippen molar-refractivity contribution in [2.45, 2.75) is 83.5 Å². The van der Waals surface area contributed by atoms with Crippen LogP contribution in [0.15, 0.2) is 0 Å². The summed E-state index contributed by atoms with van der Waals surface area (Å²) in [5.74, 6) is -1.14. The molecule has 0 heterocycles. The number of unbranched alkanes of at least 4 members (excludes halogenated alkanes) is 1. The van der Waals surface area contributed by atoms with Gasteiger partial charge in [-0.25, -0.2) is 0 Å². The molecule has 1 aliphatic rings. The van der Waals surface area contributed by atoms with E-state index >= 15 is 0 Å². The van der Waals surface area contributed by atoms with Gasteiger partial charge in [0, 0.05) is 12.1 Å². The fourth-order valence-electron chi connectivity index (χ4n) is 2.88. The van der Waals surface area contributed by atoms with Crippen molar-refractivity contribution < 1.29 is 13.2 Å². The van der Waals surface area contributed by atoms with Crippen LogP contribution < -0.4 is 5.32 Å². The van der Waals surface area contributed by atoms with Crippen LogP contribution in [0.4, 0.5) is 13.2 Å². The summed E-state index contributed by atoms with van der Waals surface area (Å²) < 4.78 is 38.9. The van der Waals surface area contributed by atoms with Crippen LogP contribution in [0.3, 0.4) is 0 Å². The highest BCUT2D eigenvalue weighted by Crippen LogP contribution is 2.38. The van der Waals surface area contributed by atoms with Crippen molar-refractivity contribution in [2.24, 2.45) is 5.92 Å². The van der Waals surface area contributed by atoms with Gasteiger partial charge in [0.1, 0.15) is 0 Å². The molecule has 0 aromatic rings. The lowest BCUT2D eigenvalue weighted by Crippen LogP contribution is -2.49. The third kappa shape index (κ3) is 4.79. The van der Waals surface area contributed by atoms with Crippen molar-refractivity contribution in [3.05, 3.63) is 0 Å². The summed E-state index contributed by atoms with van der Waals surface area (Å²) in [7, 11) is 0. The Kier molecular flexibility index (Phi) is 6.47. The first-order valence-corrected chi connectivity index (χ1v) is 7.31. The number of rotatable bonds is 6. The van der Waals surface area contributed by atoms with Gasteiger partial charge in [-0.05, 0) is 25.7 Å². The summed E-state index contributed by atoms with van der Waals surface area (Å²) in [6.45, 7) is 4.17. The van der Waals surface area contributed by atoms with Gasteiger partial charge in [-0.2, -0.15) is 13.2 Å². The Labute approximate surface area is 109 Å². The third-order valence-corrected chi connectivity index (χ3v) is 4.04. The van der Waals surface area contributed by atoms with Crippen LogP contribution in [0.1, 0.15) is 65.2 Å². The molecule has 3 unspecified atom stereocenters. The predicted molar refractivity (Wildman–Crippen MR) is 68.5 cm³/mol. The van der Waals surface area contributed by atoms with Crippen molar-refractivity contribution in [2.75, 3.05) is 0 Å². The van der Waals surface area contributed by atoms with Crippen molar-refractivity contribution in [1.29, 1.82) is 0 Å². The Morgan fingerprint density at radius 2 is 1.83 bits per heavy atom. The summed E-state index contributed by atoms with van der Waals surface area (Å²) in [5, 5.41) is 3.28. The highest BCUT2D eigenvalue weighted by molar-refractivity contribution is 4.87. The van der Waals surface area contributed by atoms with Crippen molar-refractivity contribution in [1.82, 2.24) is 5.32 Å². The van der Waals surface area contributed by atoms with Gasteiger partial charge >= 0.3 is 6.18 Å². The van der Waals surface area contributed by atoms with Crippen LogP contribution in [-0.2, 0) is 0 Å². The lowest BCUT2D eigenvalue weighted by molar-refractivity contribution is -0.189. The summed E-state index contributed by atoms with van der Waals surface area (Å²) in [4.78, 5) is 0. The number of hydrogen-bond acceptors (Lipinski definition) is 1. The molecular weight excluding hydrogens is 239 g/mol. The van der Waals surface area contributed by atoms with E-state index in [4.69, 9.17) is 0 Å². The summed E-state index contributed by atoms with van der Waals surface area (Å²) in [6, 6.07) is -0.113. The van der Waals surface area contributed by atoms with Gasteiger partial charge < -0.3 is 5.32 Å². The fourth-order valence-corrected chi connectivity index (χ4v) is 2.88. The van der Waals surface area contributed by atoms with Gasteiger partial charge in [-0.1, -0.05) is 39.5 Å². The van der Waals surface area contributed by atoms with E-state index in [1.54, 1.807) is 0 Å². The van der Waals surface area contributed by atoms with Crippen molar-refractivity contribution in [3.8, 4) is 0 Å². The van der Waals surface area contributed by atoms with Gasteiger partial charge in [0.15, 0.2) is 0 Å². The van der Waals surface area contributed by atoms with Crippen LogP contribution in [-0.4, -0.2) is 18.3 Å². The summed E-state index contributed by atoms with van der Waals surface area (Å²) in [5.41, 5.74) is 0. The van der Waals surface area contributed by atoms with Crippen molar-refractivity contribution in [3.63, 3.8) is 0 Å². The number of nitrogens with one attached hydrogen (secondary N) is 1. The standard InChI is InChI=1S/C14H26F3N/c1-3-5-8-11(4-2)18-13-10-7-6-9-12(13)14(15,16)17/h11-13,18H,3-10H2,1-2H3. The van der Waals surface area contributed by atoms with E-state index in [0.717, 1.165) is 32.1 Å². The molecule has 0 saturated heterocycles. The number of halogens is 3. The Hall–Kier alpha value is -0.250. The molecule has 0 aliphatic heterocycles. The monoisotopic (exact) mass is 265 g/mol. The molecule has 1 nitrogen and oxygen atoms in total. The number of alkyl halides is 3. The zero-order valence-corrected chi connectivity index (χ0v) is 11.5. The second-order valence-electron chi connectivity index (χ2n) is 5.45. The Balaban J connectivity index is 2.55. The van der Waals surface area contributed by atoms with E-state index in [0.29, 0.717) is 19.3 Å². The maximum Gasteiger partial charge on any atom is 0.393 e. The maximum absolute atomic E-state index is 13.0. The van der Waals surface area contributed by atoms with E-state index < -0.39 is 12.1 Å². The van der Waals surface area contributed by atoms with Gasteiger partial charge in [-0.15, -0.1) is 0 Å². The van der Waals surface area contributed by atoms with Gasteiger partial charge in [0.05, 0.1) is 5.92 Å². The molecular formula is C14H26F3N. The third-order valence-electron chi connectivity index (χ3n) is 4.04. The van der Waals surface area contributed by atoms with Gasteiger partial charge in [0.2, 0.25) is 0 Å². The zero-order chi connectivity index (χ0) is 13.6. The highest BCUT2D eigenvalue weighted by atomic mass is 19.4. The fraction of sp³-hybridized carbons (Fsp3) is 1.00. The van der Waals surface area contributed by atoms with Crippen LogP contribution in [0.25, 0.3) is 0 Å². The first-order valence-electron chi connectivity index (χ1n) is 7.31. The van der Waals surface area contributed by atoms with E-state index in [-0.39, 0.29) is 12.1 Å². The molecule has 0 aromatic carbocycles. The minimum Gasteiger partial charge on any atom is -0.311 e. The van der Waals surface area contributed by atoms with Gasteiger partial charge in [-0.3, -0.25) is 0 Å². The van der Waals surface area contributed by atoms with E-state index in [2.05, 4.69) is 19.2 Å². The lowest BCUT2D eigenvalue weighted by atomic mass is 9.83. The molecule has 3 atom stereocenters. The van der Waals surface area contributed by atoms with Gasteiger partial charge in [0.25, 0.3) is 0 Å². The molecule has 0 aromatic heterocycles. The molecule has 0 radical (unpaired) electrons. The molecule has 18 heavy (non-hydrogen) atoms. The molecule has 1 rings (SSSR count). The Morgan fingerprint density at radius 1 is 1.17 bits per heavy atom. The van der Waals surface area contributed by atoms with Crippen LogP contribution in [0.2, 0.25) is 0 Å². The largest absolute Gasteiger partial charge is 0.393 e. The molecule has 0 bridgehead atoms. The quantitative estimate of drug-likeness (QED) is 0.736. The van der Waals surface area contributed by atoms with Crippen molar-refractivity contribution >= 4 is 0 Å². The topological polar surface area (TPSA) is 12.0 Å². The minimum atomic E-state index is -4.04. The SMILES string of the molecule is CCCCC(CC)NC1CCCCC1C(F)(F)F. The molecule has 0 spiro atoms. The van der Waals surface area contributed by atoms with E-state index in [1.165, 1.54) is 0 Å². The second-order valence-corrected chi connectivity index (χ2v) is 5.45. The molecule has 1 aliphatic carbocycles. The Morgan fingerprint density at radius 3 is 2.39 bits per heavy atom. The Bertz CT molecular complexity index is 228. The van der Waals surface area contributed by atoms with Crippen LogP contribution in [0, 0.1) is 5.92 Å². The lowest BCUT2D eigenvalue weighted by Gasteiger charge is -2.36. The average molecular weight is 265 g/mol. The maximum atomic E-state index is 13.0. The second kappa shape index (κ2) is 7.37. The van der Waals surface area contributed by atoms with E-state index in [1.807, 2.05) is 0 Å². The smallest absolute Gasteiger partial charge is 0.311 e. The van der Waals surface area contributed by atoms with Crippen LogP contribution >= 0.6 is 0 Å². The normalized spacial score (nSPS) is 27.2. The number of hydrogen-bond donors (Lipinski definition) is 1. The predicted octanol–water partition coefficient (Wildman–Crippen LogP) is 4.67. The minimum absolute atomic E-state index is 0.248. The molecule has 4 heteroatoms. The van der Waals surface area contributed by atoms with E-state index in [9.17, 15) is 13.2 Å². The first-order chi connectivity index (χ1) is 8.49. The molecule has 1 saturated carbocycles. The van der Waals surface area contributed by atoms with Crippen LogP contribution in [0.5, 0.6) is 0 Å². The molecule has 1 N–H and O–H groups in total. The highest BCUT2D eigenvalue weighted by Gasteiger charge is 2.45. The molecule has 0 amide bonds. The summed E-state index contributed by atoms with van der Waals surface area (Å²) in [6.07, 6.45) is 2.68. The molecule has 108 valence electrons. The molecule has 1 fully saturated rings. The summed E-state index contributed by atoms with van der Waals surface area (Å²) >= 11 is 0. The first kappa shape index (κ1) is 15.8. The zero-order valence-electron chi connectivity index (χ0n) is 11.5. The average Bonchev–Trinajstić information content (AvgIpc) is 2.33.